The average Bonchev–Trinajstić information content (AvgIpc) is 3.30. The lowest BCUT2D eigenvalue weighted by Crippen LogP contribution is -2.02. The molecule has 0 saturated heterocycles. The molecular formula is C20H11ClN2O2S2. The van der Waals surface area contributed by atoms with Gasteiger partial charge in [-0.25, -0.2) is 4.98 Å². The van der Waals surface area contributed by atoms with Crippen LogP contribution in [0.4, 0.5) is 0 Å². The fourth-order valence-corrected chi connectivity index (χ4v) is 5.04. The zero-order valence-corrected chi connectivity index (χ0v) is 16.1. The third kappa shape index (κ3) is 2.73. The highest BCUT2D eigenvalue weighted by Gasteiger charge is 2.18. The van der Waals surface area contributed by atoms with Crippen molar-refractivity contribution in [3.8, 4) is 27.4 Å². The highest BCUT2D eigenvalue weighted by Crippen LogP contribution is 2.42. The number of benzene rings is 1. The Hall–Kier alpha value is -2.67. The van der Waals surface area contributed by atoms with Crippen molar-refractivity contribution < 1.29 is 5.11 Å². The van der Waals surface area contributed by atoms with Crippen LogP contribution in [0.2, 0.25) is 5.02 Å². The Kier molecular flexibility index (Phi) is 3.79. The monoisotopic (exact) mass is 410 g/mol. The molecule has 0 amide bonds. The Morgan fingerprint density at radius 1 is 1.11 bits per heavy atom. The summed E-state index contributed by atoms with van der Waals surface area (Å²) in [6.45, 7) is 0. The van der Waals surface area contributed by atoms with Gasteiger partial charge >= 0.3 is 0 Å². The fraction of sp³-hybridized carbons (Fsp3) is 0. The summed E-state index contributed by atoms with van der Waals surface area (Å²) in [7, 11) is 0. The first-order chi connectivity index (χ1) is 13.1. The normalized spacial score (nSPS) is 11.4. The number of hydrogen-bond donors (Lipinski definition) is 2. The topological polar surface area (TPSA) is 66.0 Å². The van der Waals surface area contributed by atoms with Crippen molar-refractivity contribution in [2.24, 2.45) is 0 Å². The summed E-state index contributed by atoms with van der Waals surface area (Å²) in [5, 5.41) is 13.7. The van der Waals surface area contributed by atoms with Crippen molar-refractivity contribution in [2.75, 3.05) is 0 Å². The van der Waals surface area contributed by atoms with E-state index in [2.05, 4.69) is 4.98 Å². The molecule has 132 valence electrons. The number of pyridine rings is 2. The van der Waals surface area contributed by atoms with Gasteiger partial charge in [0, 0.05) is 16.5 Å². The zero-order valence-electron chi connectivity index (χ0n) is 13.7. The molecule has 5 rings (SSSR count). The molecule has 0 spiro atoms. The standard InChI is InChI=1S/C20H11ClN2O2S2/c21-11-5-3-10(4-6-11)12-8-13(15-2-1-7-26-15)22-20-17(12)18-19(27-20)14(24)9-16(25)23-18/h1-9H,(H2,23,24,25). The summed E-state index contributed by atoms with van der Waals surface area (Å²) in [5.41, 5.74) is 3.02. The number of rotatable bonds is 2. The molecule has 4 nitrogen and oxygen atoms in total. The number of aromatic nitrogens is 2. The van der Waals surface area contributed by atoms with Crippen molar-refractivity contribution in [1.82, 2.24) is 9.97 Å². The molecule has 0 fully saturated rings. The number of fused-ring (bicyclic) bond motifs is 3. The predicted molar refractivity (Wildman–Crippen MR) is 113 cm³/mol. The van der Waals surface area contributed by atoms with E-state index in [9.17, 15) is 9.90 Å². The number of nitrogens with one attached hydrogen (secondary N) is 1. The van der Waals surface area contributed by atoms with Gasteiger partial charge in [-0.3, -0.25) is 4.79 Å². The van der Waals surface area contributed by atoms with Gasteiger partial charge < -0.3 is 10.1 Å². The smallest absolute Gasteiger partial charge is 0.252 e. The van der Waals surface area contributed by atoms with Gasteiger partial charge in [-0.05, 0) is 40.8 Å². The second kappa shape index (κ2) is 6.20. The van der Waals surface area contributed by atoms with E-state index < -0.39 is 0 Å². The van der Waals surface area contributed by atoms with E-state index in [4.69, 9.17) is 16.6 Å². The Morgan fingerprint density at radius 3 is 2.67 bits per heavy atom. The number of thiophene rings is 2. The zero-order chi connectivity index (χ0) is 18.5. The molecule has 4 aromatic heterocycles. The number of aromatic hydroxyl groups is 1. The Morgan fingerprint density at radius 2 is 1.93 bits per heavy atom. The van der Waals surface area contributed by atoms with E-state index in [1.807, 2.05) is 47.8 Å². The molecule has 0 aliphatic heterocycles. The van der Waals surface area contributed by atoms with Gasteiger partial charge in [0.05, 0.1) is 20.8 Å². The second-order valence-corrected chi connectivity index (χ2v) is 8.43. The van der Waals surface area contributed by atoms with E-state index >= 15 is 0 Å². The van der Waals surface area contributed by atoms with Crippen molar-refractivity contribution in [3.05, 3.63) is 69.3 Å². The summed E-state index contributed by atoms with van der Waals surface area (Å²) >= 11 is 9.04. The predicted octanol–water partition coefficient (Wildman–Crippen LogP) is 5.89. The van der Waals surface area contributed by atoms with Crippen LogP contribution in [0.15, 0.2) is 58.7 Å². The lowest BCUT2D eigenvalue weighted by atomic mass is 10.0. The van der Waals surface area contributed by atoms with E-state index in [0.717, 1.165) is 31.9 Å². The highest BCUT2D eigenvalue weighted by molar-refractivity contribution is 7.25. The van der Waals surface area contributed by atoms with Crippen LogP contribution >= 0.6 is 34.3 Å². The Balaban J connectivity index is 1.94. The minimum absolute atomic E-state index is 0.0310. The number of aromatic amines is 1. The molecule has 4 heterocycles. The Bertz CT molecular complexity index is 1350. The highest BCUT2D eigenvalue weighted by atomic mass is 35.5. The first-order valence-electron chi connectivity index (χ1n) is 8.09. The molecule has 27 heavy (non-hydrogen) atoms. The molecule has 0 saturated carbocycles. The molecular weight excluding hydrogens is 400 g/mol. The summed E-state index contributed by atoms with van der Waals surface area (Å²) in [6.07, 6.45) is 0. The third-order valence-corrected chi connectivity index (χ3v) is 6.59. The molecule has 0 unspecified atom stereocenters. The second-order valence-electron chi connectivity index (χ2n) is 6.04. The first kappa shape index (κ1) is 16.5. The lowest BCUT2D eigenvalue weighted by molar-refractivity contribution is 0.481. The SMILES string of the molecule is O=c1cc(O)c2sc3nc(-c4cccs4)cc(-c4ccc(Cl)cc4)c3c2[nH]1. The number of nitrogens with zero attached hydrogens (tertiary/aromatic N) is 1. The van der Waals surface area contributed by atoms with Crippen LogP contribution in [0.1, 0.15) is 0 Å². The van der Waals surface area contributed by atoms with Crippen LogP contribution in [0, 0.1) is 0 Å². The molecule has 7 heteroatoms. The maximum absolute atomic E-state index is 11.9. The number of H-pyrrole nitrogens is 1. The van der Waals surface area contributed by atoms with Gasteiger partial charge in [0.25, 0.3) is 5.56 Å². The molecule has 5 aromatic rings. The molecule has 0 atom stereocenters. The summed E-state index contributed by atoms with van der Waals surface area (Å²) in [5.74, 6) is -0.0310. The maximum Gasteiger partial charge on any atom is 0.252 e. The lowest BCUT2D eigenvalue weighted by Gasteiger charge is -2.07. The van der Waals surface area contributed by atoms with Gasteiger partial charge in [-0.1, -0.05) is 29.8 Å². The third-order valence-electron chi connectivity index (χ3n) is 4.34. The minimum Gasteiger partial charge on any atom is -0.506 e. The summed E-state index contributed by atoms with van der Waals surface area (Å²) < 4.78 is 0.621. The van der Waals surface area contributed by atoms with Gasteiger partial charge in [0.2, 0.25) is 0 Å². The Labute approximate surface area is 166 Å². The molecule has 0 aliphatic rings. The van der Waals surface area contributed by atoms with Gasteiger partial charge in [0.1, 0.15) is 10.6 Å². The van der Waals surface area contributed by atoms with E-state index in [1.165, 1.54) is 17.4 Å². The van der Waals surface area contributed by atoms with Gasteiger partial charge in [0.15, 0.2) is 0 Å². The van der Waals surface area contributed by atoms with Crippen LogP contribution in [0.25, 0.3) is 42.1 Å². The van der Waals surface area contributed by atoms with Crippen LogP contribution in [-0.2, 0) is 0 Å². The van der Waals surface area contributed by atoms with Crippen molar-refractivity contribution in [2.45, 2.75) is 0 Å². The van der Waals surface area contributed by atoms with Gasteiger partial charge in [-0.2, -0.15) is 0 Å². The molecule has 0 radical (unpaired) electrons. The van der Waals surface area contributed by atoms with Crippen LogP contribution < -0.4 is 5.56 Å². The summed E-state index contributed by atoms with van der Waals surface area (Å²) in [6, 6.07) is 14.8. The van der Waals surface area contributed by atoms with E-state index in [1.54, 1.807) is 11.3 Å². The quantitative estimate of drug-likeness (QED) is 0.381. The van der Waals surface area contributed by atoms with E-state index in [-0.39, 0.29) is 11.3 Å². The number of hydrogen-bond acceptors (Lipinski definition) is 5. The van der Waals surface area contributed by atoms with Crippen molar-refractivity contribution >= 4 is 54.7 Å². The van der Waals surface area contributed by atoms with Crippen molar-refractivity contribution in [1.29, 1.82) is 0 Å². The molecule has 0 aliphatic carbocycles. The van der Waals surface area contributed by atoms with Crippen LogP contribution in [-0.4, -0.2) is 15.1 Å². The van der Waals surface area contributed by atoms with Crippen LogP contribution in [0.3, 0.4) is 0 Å². The van der Waals surface area contributed by atoms with Gasteiger partial charge in [-0.15, -0.1) is 22.7 Å². The summed E-state index contributed by atoms with van der Waals surface area (Å²) in [4.78, 5) is 21.4. The molecule has 0 bridgehead atoms. The molecule has 2 N–H and O–H groups in total. The maximum atomic E-state index is 11.9. The average molecular weight is 411 g/mol. The van der Waals surface area contributed by atoms with Crippen molar-refractivity contribution in [3.63, 3.8) is 0 Å². The largest absolute Gasteiger partial charge is 0.506 e. The van der Waals surface area contributed by atoms with Crippen LogP contribution in [0.5, 0.6) is 5.75 Å². The first-order valence-corrected chi connectivity index (χ1v) is 10.2. The minimum atomic E-state index is -0.343. The molecule has 1 aromatic carbocycles. The number of halogens is 1. The van der Waals surface area contributed by atoms with E-state index in [0.29, 0.717) is 15.2 Å². The fourth-order valence-electron chi connectivity index (χ4n) is 3.15.